The summed E-state index contributed by atoms with van der Waals surface area (Å²) in [5.74, 6) is -1.38. The van der Waals surface area contributed by atoms with Crippen LogP contribution in [0.1, 0.15) is 57.2 Å². The number of carbonyl (C=O) groups excluding carboxylic acids is 4. The Bertz CT molecular complexity index is 1390. The molecule has 1 aromatic heterocycles. The molecule has 15 heteroatoms. The van der Waals surface area contributed by atoms with Crippen LogP contribution in [0, 0.1) is 10.7 Å². The first-order valence-corrected chi connectivity index (χ1v) is 16.4. The summed E-state index contributed by atoms with van der Waals surface area (Å²) >= 11 is 5.31. The van der Waals surface area contributed by atoms with Gasteiger partial charge < -0.3 is 53.2 Å². The van der Waals surface area contributed by atoms with E-state index in [1.54, 1.807) is 31.7 Å². The number of imidazole rings is 1. The van der Waals surface area contributed by atoms with E-state index >= 15 is 0 Å². The van der Waals surface area contributed by atoms with Crippen molar-refractivity contribution in [3.63, 3.8) is 0 Å². The van der Waals surface area contributed by atoms with E-state index in [0.29, 0.717) is 61.9 Å². The molecular weight excluding hydrogens is 620 g/mol. The van der Waals surface area contributed by atoms with Gasteiger partial charge in [-0.3, -0.25) is 19.4 Å². The molecule has 0 saturated heterocycles. The highest BCUT2D eigenvalue weighted by Crippen LogP contribution is 2.15. The minimum Gasteiger partial charge on any atom is -0.370 e. The third-order valence-corrected chi connectivity index (χ3v) is 8.33. The molecule has 0 aliphatic rings. The maximum absolute atomic E-state index is 13.8. The van der Waals surface area contributed by atoms with Crippen molar-refractivity contribution in [1.82, 2.24) is 25.5 Å². The van der Waals surface area contributed by atoms with E-state index in [1.165, 1.54) is 0 Å². The summed E-state index contributed by atoms with van der Waals surface area (Å²) in [5.41, 5.74) is 22.7. The minimum absolute atomic E-state index is 0.0548. The number of aromatic amines is 1. The SMILES string of the molecule is CC(C)C(=O)C(Cc1ccccc1)NC(=O)C(CCCCN)NCC(C=O)(Cc1c[nH]c(=S)n1C)NC(=O)C(N)CCCN=C(N)N. The number of guanidine groups is 1. The fourth-order valence-electron chi connectivity index (χ4n) is 5.09. The average molecular weight is 673 g/mol. The number of hydrogen-bond donors (Lipinski definition) is 8. The Morgan fingerprint density at radius 3 is 2.34 bits per heavy atom. The molecule has 2 rings (SSSR count). The van der Waals surface area contributed by atoms with Gasteiger partial charge in [0, 0.05) is 44.4 Å². The van der Waals surface area contributed by atoms with Crippen molar-refractivity contribution in [3.05, 3.63) is 52.6 Å². The van der Waals surface area contributed by atoms with Crippen molar-refractivity contribution in [2.75, 3.05) is 19.6 Å². The summed E-state index contributed by atoms with van der Waals surface area (Å²) < 4.78 is 2.14. The molecule has 4 unspecified atom stereocenters. The first-order valence-electron chi connectivity index (χ1n) is 16.0. The predicted molar refractivity (Wildman–Crippen MR) is 186 cm³/mol. The van der Waals surface area contributed by atoms with Crippen LogP contribution in [0.5, 0.6) is 0 Å². The van der Waals surface area contributed by atoms with Crippen molar-refractivity contribution in [2.45, 2.75) is 82.5 Å². The van der Waals surface area contributed by atoms with Crippen LogP contribution < -0.4 is 38.9 Å². The molecular formula is C32H52N10O4S. The summed E-state index contributed by atoms with van der Waals surface area (Å²) in [6.45, 7) is 4.23. The van der Waals surface area contributed by atoms with Crippen LogP contribution in [0.15, 0.2) is 41.5 Å². The molecule has 0 aliphatic heterocycles. The molecule has 0 saturated carbocycles. The lowest BCUT2D eigenvalue weighted by Gasteiger charge is -2.33. The Labute approximate surface area is 281 Å². The Hall–Kier alpha value is -3.92. The molecule has 1 heterocycles. The Morgan fingerprint density at radius 2 is 1.77 bits per heavy atom. The number of aliphatic imine (C=N–C) groups is 1. The van der Waals surface area contributed by atoms with Gasteiger partial charge in [0.25, 0.3) is 0 Å². The summed E-state index contributed by atoms with van der Waals surface area (Å²) in [5, 5.41) is 9.01. The number of hydrogen-bond acceptors (Lipinski definition) is 9. The minimum atomic E-state index is -1.50. The molecule has 1 aromatic carbocycles. The lowest BCUT2D eigenvalue weighted by Crippen LogP contribution is -2.63. The Morgan fingerprint density at radius 1 is 1.06 bits per heavy atom. The second-order valence-electron chi connectivity index (χ2n) is 12.2. The van der Waals surface area contributed by atoms with Gasteiger partial charge >= 0.3 is 0 Å². The number of nitrogens with one attached hydrogen (secondary N) is 4. The molecule has 14 nitrogen and oxygen atoms in total. The van der Waals surface area contributed by atoms with Crippen molar-refractivity contribution in [3.8, 4) is 0 Å². The highest BCUT2D eigenvalue weighted by Gasteiger charge is 2.36. The number of nitrogens with two attached hydrogens (primary N) is 4. The van der Waals surface area contributed by atoms with Crippen LogP contribution in [0.25, 0.3) is 0 Å². The summed E-state index contributed by atoms with van der Waals surface area (Å²) in [6.07, 6.45) is 5.11. The van der Waals surface area contributed by atoms with Gasteiger partial charge in [-0.1, -0.05) is 50.6 Å². The first kappa shape index (κ1) is 39.3. The van der Waals surface area contributed by atoms with Crippen LogP contribution in [0.2, 0.25) is 0 Å². The number of nitrogens with zero attached hydrogens (tertiary/aromatic N) is 2. The highest BCUT2D eigenvalue weighted by atomic mass is 32.1. The van der Waals surface area contributed by atoms with Crippen molar-refractivity contribution in [1.29, 1.82) is 0 Å². The molecule has 0 fully saturated rings. The summed E-state index contributed by atoms with van der Waals surface area (Å²) in [7, 11) is 1.75. The van der Waals surface area contributed by atoms with Gasteiger partial charge in [0.15, 0.2) is 16.5 Å². The maximum Gasteiger partial charge on any atom is 0.237 e. The quantitative estimate of drug-likeness (QED) is 0.0276. The fourth-order valence-corrected chi connectivity index (χ4v) is 5.26. The van der Waals surface area contributed by atoms with Gasteiger partial charge in [-0.25, -0.2) is 0 Å². The zero-order valence-electron chi connectivity index (χ0n) is 27.7. The van der Waals surface area contributed by atoms with Crippen LogP contribution in [0.4, 0.5) is 0 Å². The Kier molecular flexibility index (Phi) is 16.4. The molecule has 12 N–H and O–H groups in total. The number of H-pyrrole nitrogens is 1. The second kappa shape index (κ2) is 19.7. The summed E-state index contributed by atoms with van der Waals surface area (Å²) in [6, 6.07) is 6.99. The van der Waals surface area contributed by atoms with E-state index in [1.807, 2.05) is 30.3 Å². The number of Topliss-reactive ketones (excluding diaryl/α,β-unsaturated/α-hetero) is 1. The van der Waals surface area contributed by atoms with E-state index in [2.05, 4.69) is 25.9 Å². The lowest BCUT2D eigenvalue weighted by molar-refractivity contribution is -0.131. The van der Waals surface area contributed by atoms with Crippen LogP contribution >= 0.6 is 12.2 Å². The third-order valence-electron chi connectivity index (χ3n) is 7.94. The molecule has 0 aliphatic carbocycles. The standard InChI is InChI=1S/C32H52N10O4S/c1-21(2)27(44)26(16-22-10-5-4-6-11-22)40-29(46)25(13-7-8-14-33)39-19-32(20-43,17-23-18-38-31(47)42(23)3)41-28(45)24(34)12-9-15-37-30(35)36/h4-6,10-11,18,20-21,24-26,39H,7-9,12-17,19,33-34H2,1-3H3,(H,38,47)(H,40,46)(H,41,45)(H4,35,36,37). The van der Waals surface area contributed by atoms with E-state index in [9.17, 15) is 19.2 Å². The molecule has 260 valence electrons. The van der Waals surface area contributed by atoms with Gasteiger partial charge in [-0.15, -0.1) is 0 Å². The maximum atomic E-state index is 13.8. The number of aldehydes is 1. The number of ketones is 1. The van der Waals surface area contributed by atoms with Gasteiger partial charge in [-0.2, -0.15) is 0 Å². The molecule has 0 radical (unpaired) electrons. The van der Waals surface area contributed by atoms with Crippen molar-refractivity contribution < 1.29 is 19.2 Å². The van der Waals surface area contributed by atoms with Gasteiger partial charge in [0.2, 0.25) is 11.8 Å². The van der Waals surface area contributed by atoms with E-state index in [-0.39, 0.29) is 43.0 Å². The number of carbonyl (C=O) groups is 4. The van der Waals surface area contributed by atoms with E-state index in [0.717, 1.165) is 5.56 Å². The highest BCUT2D eigenvalue weighted by molar-refractivity contribution is 7.71. The van der Waals surface area contributed by atoms with Crippen LogP contribution in [-0.2, 0) is 39.1 Å². The molecule has 47 heavy (non-hydrogen) atoms. The normalized spacial score (nSPS) is 14.4. The largest absolute Gasteiger partial charge is 0.370 e. The zero-order valence-corrected chi connectivity index (χ0v) is 28.5. The molecule has 0 spiro atoms. The Balaban J connectivity index is 2.33. The van der Waals surface area contributed by atoms with Gasteiger partial charge in [-0.05, 0) is 56.4 Å². The smallest absolute Gasteiger partial charge is 0.237 e. The van der Waals surface area contributed by atoms with E-state index in [4.69, 9.17) is 35.2 Å². The summed E-state index contributed by atoms with van der Waals surface area (Å²) in [4.78, 5) is 60.0. The first-order chi connectivity index (χ1) is 22.3. The van der Waals surface area contributed by atoms with Gasteiger partial charge in [0.1, 0.15) is 11.8 Å². The number of rotatable bonds is 22. The fraction of sp³-hybridized carbons (Fsp3) is 0.562. The number of amides is 2. The monoisotopic (exact) mass is 672 g/mol. The van der Waals surface area contributed by atoms with Crippen molar-refractivity contribution in [2.24, 2.45) is 40.9 Å². The van der Waals surface area contributed by atoms with Crippen LogP contribution in [0.3, 0.4) is 0 Å². The number of benzene rings is 1. The topological polar surface area (TPSA) is 242 Å². The molecule has 0 bridgehead atoms. The predicted octanol–water partition coefficient (Wildman–Crippen LogP) is 0.0998. The van der Waals surface area contributed by atoms with Crippen LogP contribution in [-0.4, -0.2) is 82.7 Å². The number of aromatic nitrogens is 2. The lowest BCUT2D eigenvalue weighted by atomic mass is 9.92. The van der Waals surface area contributed by atoms with Crippen molar-refractivity contribution >= 4 is 42.1 Å². The van der Waals surface area contributed by atoms with Gasteiger partial charge in [0.05, 0.1) is 18.1 Å². The average Bonchev–Trinajstić information content (AvgIpc) is 3.35. The molecule has 4 atom stereocenters. The third kappa shape index (κ3) is 13.0. The van der Waals surface area contributed by atoms with E-state index < -0.39 is 29.6 Å². The number of unbranched alkanes of at least 4 members (excludes halogenated alkanes) is 1. The molecule has 2 aromatic rings. The second-order valence-corrected chi connectivity index (χ2v) is 12.6. The zero-order chi connectivity index (χ0) is 35.0. The molecule has 2 amide bonds.